The van der Waals surface area contributed by atoms with Crippen LogP contribution in [0.2, 0.25) is 0 Å². The van der Waals surface area contributed by atoms with E-state index >= 15 is 0 Å². The molecular formula is C26H24O8Pr. The molecular weight excluding hydrogens is 581 g/mol. The first-order chi connectivity index (χ1) is 16.5. The number of hydrogen-bond donors (Lipinski definition) is 3. The molecule has 9 heteroatoms. The quantitative estimate of drug-likeness (QED) is 0.376. The predicted molar refractivity (Wildman–Crippen MR) is 121 cm³/mol. The molecule has 179 valence electrons. The standard InChI is InChI=1S/C26H24O8.Pr/c1-31-16-4-6-18(21(12-16)32-9-8-27)24-19-11-15(28)3-5-17(19)23(25(24)26(29)30)14-2-7-20-22(10-14)34-13-33-20;/h2-7,10-12,23-25,27-28H,8-9,13H2,1H3,(H,29,30);/t23-,24+,25?;/m0./s1. The summed E-state index contributed by atoms with van der Waals surface area (Å²) < 4.78 is 22.1. The Hall–Kier alpha value is -2.55. The molecule has 3 atom stereocenters. The number of carboxylic acid groups (broad SMARTS) is 1. The van der Waals surface area contributed by atoms with Crippen molar-refractivity contribution in [2.24, 2.45) is 5.92 Å². The molecule has 1 unspecified atom stereocenters. The van der Waals surface area contributed by atoms with E-state index < -0.39 is 23.7 Å². The van der Waals surface area contributed by atoms with Gasteiger partial charge in [-0.3, -0.25) is 4.79 Å². The minimum absolute atomic E-state index is 0. The predicted octanol–water partition coefficient (Wildman–Crippen LogP) is 3.48. The van der Waals surface area contributed by atoms with Crippen LogP contribution in [0.25, 0.3) is 0 Å². The molecule has 5 rings (SSSR count). The van der Waals surface area contributed by atoms with Crippen molar-refractivity contribution in [1.29, 1.82) is 0 Å². The number of fused-ring (bicyclic) bond motifs is 2. The third-order valence-corrected chi connectivity index (χ3v) is 6.40. The monoisotopic (exact) mass is 605 g/mol. The van der Waals surface area contributed by atoms with Gasteiger partial charge in [-0.1, -0.05) is 18.2 Å². The SMILES string of the molecule is COc1ccc([C@@H]2c3cc(O)ccc3[C@H](c3ccc4c(c3)OCO4)C2C(=O)O)c(OCCO)c1.[Pr]. The van der Waals surface area contributed by atoms with E-state index in [9.17, 15) is 20.1 Å². The average molecular weight is 605 g/mol. The Balaban J connectivity index is 0.00000289. The maximum Gasteiger partial charge on any atom is 0.308 e. The van der Waals surface area contributed by atoms with Gasteiger partial charge in [0.2, 0.25) is 6.79 Å². The van der Waals surface area contributed by atoms with Gasteiger partial charge in [-0.15, -0.1) is 0 Å². The first-order valence-electron chi connectivity index (χ1n) is 10.9. The fourth-order valence-corrected chi connectivity index (χ4v) is 5.01. The van der Waals surface area contributed by atoms with Crippen LogP contribution in [0.3, 0.4) is 0 Å². The van der Waals surface area contributed by atoms with E-state index in [1.54, 1.807) is 42.5 Å². The molecule has 0 aromatic heterocycles. The number of aliphatic hydroxyl groups excluding tert-OH is 1. The number of ether oxygens (including phenoxy) is 4. The van der Waals surface area contributed by atoms with Crippen LogP contribution in [0.1, 0.15) is 34.1 Å². The fourth-order valence-electron chi connectivity index (χ4n) is 5.01. The third-order valence-electron chi connectivity index (χ3n) is 6.40. The molecule has 1 aliphatic carbocycles. The molecule has 0 bridgehead atoms. The topological polar surface area (TPSA) is 115 Å². The van der Waals surface area contributed by atoms with Crippen molar-refractivity contribution in [3.63, 3.8) is 0 Å². The first kappa shape index (κ1) is 25.5. The smallest absolute Gasteiger partial charge is 0.308 e. The molecule has 0 fully saturated rings. The van der Waals surface area contributed by atoms with Gasteiger partial charge < -0.3 is 34.3 Å². The molecule has 35 heavy (non-hydrogen) atoms. The van der Waals surface area contributed by atoms with Gasteiger partial charge >= 0.3 is 5.97 Å². The number of phenolic OH excluding ortho intramolecular Hbond substituents is 1. The molecule has 0 amide bonds. The second-order valence-electron chi connectivity index (χ2n) is 8.22. The van der Waals surface area contributed by atoms with Crippen molar-refractivity contribution in [2.75, 3.05) is 27.1 Å². The molecule has 3 aromatic rings. The van der Waals surface area contributed by atoms with Crippen molar-refractivity contribution >= 4 is 5.97 Å². The number of benzene rings is 3. The number of aliphatic carboxylic acids is 1. The van der Waals surface area contributed by atoms with E-state index in [1.807, 2.05) is 12.1 Å². The summed E-state index contributed by atoms with van der Waals surface area (Å²) in [5, 5.41) is 30.1. The van der Waals surface area contributed by atoms with E-state index in [2.05, 4.69) is 0 Å². The largest absolute Gasteiger partial charge is 0.508 e. The van der Waals surface area contributed by atoms with Gasteiger partial charge in [0.25, 0.3) is 0 Å². The second kappa shape index (κ2) is 10.6. The van der Waals surface area contributed by atoms with Crippen molar-refractivity contribution < 1.29 is 80.4 Å². The van der Waals surface area contributed by atoms with Crippen molar-refractivity contribution in [3.05, 3.63) is 76.9 Å². The summed E-state index contributed by atoms with van der Waals surface area (Å²) in [6, 6.07) is 15.6. The van der Waals surface area contributed by atoms with Crippen LogP contribution in [0.5, 0.6) is 28.7 Å². The van der Waals surface area contributed by atoms with Gasteiger partial charge in [0.1, 0.15) is 23.9 Å². The number of carboxylic acids is 1. The molecule has 0 saturated heterocycles. The van der Waals surface area contributed by atoms with E-state index in [1.165, 1.54) is 7.11 Å². The number of aliphatic hydroxyl groups is 1. The molecule has 1 heterocycles. The zero-order valence-corrected chi connectivity index (χ0v) is 22.7. The van der Waals surface area contributed by atoms with E-state index in [0.29, 0.717) is 34.1 Å². The fraction of sp³-hybridized carbons (Fsp3) is 0.269. The van der Waals surface area contributed by atoms with Crippen LogP contribution in [0.15, 0.2) is 54.6 Å². The number of methoxy groups -OCH3 is 1. The first-order valence-corrected chi connectivity index (χ1v) is 10.9. The Bertz CT molecular complexity index is 1240. The van der Waals surface area contributed by atoms with E-state index in [4.69, 9.17) is 18.9 Å². The van der Waals surface area contributed by atoms with Crippen molar-refractivity contribution in [2.45, 2.75) is 11.8 Å². The summed E-state index contributed by atoms with van der Waals surface area (Å²) in [5.74, 6) is -0.780. The van der Waals surface area contributed by atoms with Gasteiger partial charge in [-0.05, 0) is 47.0 Å². The van der Waals surface area contributed by atoms with Crippen LogP contribution >= 0.6 is 0 Å². The number of aromatic hydroxyl groups is 1. The zero-order chi connectivity index (χ0) is 23.8. The van der Waals surface area contributed by atoms with E-state index in [0.717, 1.165) is 11.1 Å². The van der Waals surface area contributed by atoms with Crippen LogP contribution in [-0.4, -0.2) is 48.4 Å². The molecule has 0 saturated carbocycles. The van der Waals surface area contributed by atoms with Gasteiger partial charge in [0.15, 0.2) is 11.5 Å². The number of hydrogen-bond acceptors (Lipinski definition) is 7. The minimum Gasteiger partial charge on any atom is -0.508 e. The Morgan fingerprint density at radius 1 is 0.971 bits per heavy atom. The summed E-state index contributed by atoms with van der Waals surface area (Å²) in [6.07, 6.45) is 0. The van der Waals surface area contributed by atoms with Gasteiger partial charge in [0, 0.05) is 64.8 Å². The number of rotatable bonds is 7. The number of phenols is 1. The molecule has 8 nitrogen and oxygen atoms in total. The maximum atomic E-state index is 12.8. The molecule has 1 aliphatic heterocycles. The van der Waals surface area contributed by atoms with Crippen LogP contribution in [0.4, 0.5) is 0 Å². The van der Waals surface area contributed by atoms with Crippen molar-refractivity contribution in [1.82, 2.24) is 0 Å². The van der Waals surface area contributed by atoms with E-state index in [-0.39, 0.29) is 67.0 Å². The summed E-state index contributed by atoms with van der Waals surface area (Å²) in [7, 11) is 1.53. The second-order valence-corrected chi connectivity index (χ2v) is 8.22. The van der Waals surface area contributed by atoms with Crippen molar-refractivity contribution in [3.8, 4) is 28.7 Å². The van der Waals surface area contributed by atoms with Gasteiger partial charge in [-0.2, -0.15) is 0 Å². The zero-order valence-electron chi connectivity index (χ0n) is 19.0. The Morgan fingerprint density at radius 3 is 2.49 bits per heavy atom. The molecule has 3 aromatic carbocycles. The summed E-state index contributed by atoms with van der Waals surface area (Å²) in [5.41, 5.74) is 2.92. The Kier molecular flexibility index (Phi) is 7.74. The molecule has 1 radical (unpaired) electrons. The van der Waals surface area contributed by atoms with Crippen LogP contribution in [0, 0.1) is 47.2 Å². The molecule has 0 spiro atoms. The normalized spacial score (nSPS) is 19.5. The van der Waals surface area contributed by atoms with Gasteiger partial charge in [0.05, 0.1) is 19.6 Å². The summed E-state index contributed by atoms with van der Waals surface area (Å²) in [6.45, 7) is -0.0275. The van der Waals surface area contributed by atoms with Crippen LogP contribution in [-0.2, 0) is 4.79 Å². The number of carbonyl (C=O) groups is 1. The third kappa shape index (κ3) is 4.67. The summed E-state index contributed by atoms with van der Waals surface area (Å²) >= 11 is 0. The average Bonchev–Trinajstić information content (AvgIpc) is 3.44. The molecule has 3 N–H and O–H groups in total. The summed E-state index contributed by atoms with van der Waals surface area (Å²) in [4.78, 5) is 12.8. The Morgan fingerprint density at radius 2 is 1.74 bits per heavy atom. The van der Waals surface area contributed by atoms with Crippen LogP contribution < -0.4 is 18.9 Å². The maximum absolute atomic E-state index is 12.8. The minimum atomic E-state index is -0.979. The molecule has 2 aliphatic rings. The Labute approximate surface area is 235 Å². The van der Waals surface area contributed by atoms with Gasteiger partial charge in [-0.25, -0.2) is 0 Å².